The molecule has 0 saturated carbocycles. The molecule has 0 bridgehead atoms. The molecule has 0 radical (unpaired) electrons. The summed E-state index contributed by atoms with van der Waals surface area (Å²) in [5, 5.41) is 9.23. The summed E-state index contributed by atoms with van der Waals surface area (Å²) in [6, 6.07) is 6.32. The minimum absolute atomic E-state index is 0.0397. The molecule has 1 heterocycles. The molecule has 1 atom stereocenters. The molecule has 4 nitrogen and oxygen atoms in total. The van der Waals surface area contributed by atoms with Crippen molar-refractivity contribution < 1.29 is 14.7 Å². The average molecular weight is 287 g/mol. The van der Waals surface area contributed by atoms with Crippen molar-refractivity contribution in [2.24, 2.45) is 5.41 Å². The quantitative estimate of drug-likeness (QED) is 0.925. The second kappa shape index (κ2) is 5.17. The molecule has 112 valence electrons. The van der Waals surface area contributed by atoms with Crippen LogP contribution in [0.25, 0.3) is 0 Å². The Hall–Kier alpha value is -1.84. The van der Waals surface area contributed by atoms with E-state index < -0.39 is 11.4 Å². The number of aryl methyl sites for hydroxylation is 2. The monoisotopic (exact) mass is 287 g/mol. The summed E-state index contributed by atoms with van der Waals surface area (Å²) in [5.74, 6) is -0.770. The lowest BCUT2D eigenvalue weighted by Crippen LogP contribution is -2.35. The fourth-order valence-electron chi connectivity index (χ4n) is 3.37. The zero-order valence-electron chi connectivity index (χ0n) is 12.4. The van der Waals surface area contributed by atoms with Crippen LogP contribution in [-0.2, 0) is 28.9 Å². The topological polar surface area (TPSA) is 57.6 Å². The molecule has 0 spiro atoms. The first-order chi connectivity index (χ1) is 9.98. The minimum Gasteiger partial charge on any atom is -0.481 e. The summed E-state index contributed by atoms with van der Waals surface area (Å²) >= 11 is 0. The third kappa shape index (κ3) is 2.67. The van der Waals surface area contributed by atoms with Gasteiger partial charge in [0.15, 0.2) is 0 Å². The molecule has 1 fully saturated rings. The number of carbonyl (C=O) groups is 2. The van der Waals surface area contributed by atoms with Crippen LogP contribution in [0.15, 0.2) is 18.2 Å². The number of rotatable bonds is 3. The van der Waals surface area contributed by atoms with E-state index in [1.807, 2.05) is 6.07 Å². The maximum absolute atomic E-state index is 12.4. The number of hydrogen-bond donors (Lipinski definition) is 1. The molecular formula is C17H21NO3. The highest BCUT2D eigenvalue weighted by molar-refractivity contribution is 5.82. The van der Waals surface area contributed by atoms with Crippen molar-refractivity contribution >= 4 is 11.9 Å². The first kappa shape index (κ1) is 14.1. The Labute approximate surface area is 124 Å². The number of carboxylic acid groups (broad SMARTS) is 1. The highest BCUT2D eigenvalue weighted by atomic mass is 16.4. The van der Waals surface area contributed by atoms with E-state index in [1.54, 1.807) is 11.8 Å². The van der Waals surface area contributed by atoms with Gasteiger partial charge >= 0.3 is 5.97 Å². The molecule has 0 aromatic heterocycles. The highest BCUT2D eigenvalue weighted by Crippen LogP contribution is 2.30. The van der Waals surface area contributed by atoms with Crippen molar-refractivity contribution in [2.75, 3.05) is 13.1 Å². The molecule has 2 aliphatic rings. The Morgan fingerprint density at radius 2 is 2.05 bits per heavy atom. The lowest BCUT2D eigenvalue weighted by Gasteiger charge is -2.20. The number of nitrogens with zero attached hydrogens (tertiary/aromatic N) is 1. The van der Waals surface area contributed by atoms with E-state index in [0.29, 0.717) is 25.9 Å². The number of carboxylic acids is 1. The molecule has 1 aliphatic carbocycles. The van der Waals surface area contributed by atoms with Gasteiger partial charge in [-0.1, -0.05) is 18.2 Å². The van der Waals surface area contributed by atoms with Crippen molar-refractivity contribution in [1.82, 2.24) is 4.90 Å². The smallest absolute Gasteiger partial charge is 0.311 e. The van der Waals surface area contributed by atoms with Crippen LogP contribution < -0.4 is 0 Å². The van der Waals surface area contributed by atoms with Crippen molar-refractivity contribution in [3.8, 4) is 0 Å². The van der Waals surface area contributed by atoms with Gasteiger partial charge in [-0.25, -0.2) is 0 Å². The summed E-state index contributed by atoms with van der Waals surface area (Å²) in [6.45, 7) is 2.59. The largest absolute Gasteiger partial charge is 0.481 e. The Bertz CT molecular complexity index is 596. The lowest BCUT2D eigenvalue weighted by atomic mass is 9.90. The summed E-state index contributed by atoms with van der Waals surface area (Å²) < 4.78 is 0. The van der Waals surface area contributed by atoms with Gasteiger partial charge < -0.3 is 10.0 Å². The number of aliphatic carboxylic acids is 1. The van der Waals surface area contributed by atoms with Crippen molar-refractivity contribution in [3.05, 3.63) is 34.9 Å². The number of benzene rings is 1. The van der Waals surface area contributed by atoms with E-state index in [1.165, 1.54) is 17.5 Å². The van der Waals surface area contributed by atoms with Crippen molar-refractivity contribution in [1.29, 1.82) is 0 Å². The van der Waals surface area contributed by atoms with E-state index >= 15 is 0 Å². The fraction of sp³-hybridized carbons (Fsp3) is 0.529. The lowest BCUT2D eigenvalue weighted by molar-refractivity contribution is -0.147. The Morgan fingerprint density at radius 3 is 2.76 bits per heavy atom. The Balaban J connectivity index is 1.66. The average Bonchev–Trinajstić information content (AvgIpc) is 3.05. The van der Waals surface area contributed by atoms with E-state index in [0.717, 1.165) is 18.4 Å². The van der Waals surface area contributed by atoms with E-state index in [9.17, 15) is 14.7 Å². The summed E-state index contributed by atoms with van der Waals surface area (Å²) in [4.78, 5) is 25.3. The van der Waals surface area contributed by atoms with Crippen LogP contribution in [0.3, 0.4) is 0 Å². The Kier molecular flexibility index (Phi) is 3.47. The molecule has 1 N–H and O–H groups in total. The predicted molar refractivity (Wildman–Crippen MR) is 79.1 cm³/mol. The van der Waals surface area contributed by atoms with Gasteiger partial charge in [0.25, 0.3) is 0 Å². The third-order valence-corrected chi connectivity index (χ3v) is 4.86. The van der Waals surface area contributed by atoms with Crippen molar-refractivity contribution in [2.45, 2.75) is 39.0 Å². The van der Waals surface area contributed by atoms with E-state index in [-0.39, 0.29) is 5.91 Å². The maximum atomic E-state index is 12.4. The van der Waals surface area contributed by atoms with Crippen molar-refractivity contribution in [3.63, 3.8) is 0 Å². The van der Waals surface area contributed by atoms with Gasteiger partial charge in [0.05, 0.1) is 11.8 Å². The molecule has 3 rings (SSSR count). The van der Waals surface area contributed by atoms with Crippen LogP contribution in [0.2, 0.25) is 0 Å². The third-order valence-electron chi connectivity index (χ3n) is 4.86. The predicted octanol–water partition coefficient (Wildman–Crippen LogP) is 2.04. The minimum atomic E-state index is -0.810. The molecule has 1 aromatic rings. The van der Waals surface area contributed by atoms with Gasteiger partial charge in [-0.05, 0) is 49.3 Å². The van der Waals surface area contributed by atoms with Gasteiger partial charge in [0, 0.05) is 13.1 Å². The molecule has 0 unspecified atom stereocenters. The van der Waals surface area contributed by atoms with Crippen LogP contribution in [0.5, 0.6) is 0 Å². The van der Waals surface area contributed by atoms with Gasteiger partial charge in [-0.3, -0.25) is 9.59 Å². The second-order valence-electron chi connectivity index (χ2n) is 6.56. The second-order valence-corrected chi connectivity index (χ2v) is 6.56. The van der Waals surface area contributed by atoms with Gasteiger partial charge in [0.2, 0.25) is 5.91 Å². The maximum Gasteiger partial charge on any atom is 0.311 e. The fourth-order valence-corrected chi connectivity index (χ4v) is 3.37. The number of hydrogen-bond acceptors (Lipinski definition) is 2. The number of amides is 1. The molecule has 4 heteroatoms. The first-order valence-electron chi connectivity index (χ1n) is 7.60. The van der Waals surface area contributed by atoms with Gasteiger partial charge in [0.1, 0.15) is 0 Å². The summed E-state index contributed by atoms with van der Waals surface area (Å²) in [6.07, 6.45) is 4.38. The standard InChI is InChI=1S/C17H21NO3/c1-17(16(20)21)7-8-18(11-17)15(19)10-12-5-6-13-3-2-4-14(13)9-12/h5-6,9H,2-4,7-8,10-11H2,1H3,(H,20,21)/t17-/m1/s1. The van der Waals surface area contributed by atoms with Gasteiger partial charge in [-0.2, -0.15) is 0 Å². The SMILES string of the molecule is C[C@@]1(C(=O)O)CCN(C(=O)Cc2ccc3c(c2)CCC3)C1. The molecule has 1 saturated heterocycles. The molecule has 1 aliphatic heterocycles. The zero-order chi connectivity index (χ0) is 15.0. The summed E-state index contributed by atoms with van der Waals surface area (Å²) in [5.41, 5.74) is 3.04. The normalized spacial score (nSPS) is 24.1. The van der Waals surface area contributed by atoms with E-state index in [4.69, 9.17) is 0 Å². The van der Waals surface area contributed by atoms with Crippen LogP contribution in [0, 0.1) is 5.41 Å². The zero-order valence-corrected chi connectivity index (χ0v) is 12.4. The number of likely N-dealkylation sites (tertiary alicyclic amines) is 1. The molecular weight excluding hydrogens is 266 g/mol. The van der Waals surface area contributed by atoms with Gasteiger partial charge in [-0.15, -0.1) is 0 Å². The van der Waals surface area contributed by atoms with Crippen LogP contribution >= 0.6 is 0 Å². The molecule has 21 heavy (non-hydrogen) atoms. The highest BCUT2D eigenvalue weighted by Gasteiger charge is 2.41. The number of fused-ring (bicyclic) bond motifs is 1. The molecule has 1 aromatic carbocycles. The first-order valence-corrected chi connectivity index (χ1v) is 7.60. The van der Waals surface area contributed by atoms with Crippen LogP contribution in [-0.4, -0.2) is 35.0 Å². The summed E-state index contributed by atoms with van der Waals surface area (Å²) in [7, 11) is 0. The van der Waals surface area contributed by atoms with E-state index in [2.05, 4.69) is 12.1 Å². The molecule has 1 amide bonds. The Morgan fingerprint density at radius 1 is 1.29 bits per heavy atom. The number of carbonyl (C=O) groups excluding carboxylic acids is 1. The van der Waals surface area contributed by atoms with Crippen LogP contribution in [0.1, 0.15) is 36.5 Å². The van der Waals surface area contributed by atoms with Crippen LogP contribution in [0.4, 0.5) is 0 Å².